The molecular weight excluding hydrogens is 353 g/mol. The number of hydrogen-bond donors (Lipinski definition) is 1. The quantitative estimate of drug-likeness (QED) is 0.232. The molecule has 0 bridgehead atoms. The third-order valence-electron chi connectivity index (χ3n) is 3.76. The van der Waals surface area contributed by atoms with E-state index < -0.39 is 10.4 Å². The smallest absolute Gasteiger partial charge is 0.264 e. The topological polar surface area (TPSA) is 83.5 Å². The molecule has 0 aliphatic heterocycles. The zero-order valence-corrected chi connectivity index (χ0v) is 16.6. The fourth-order valence-electron chi connectivity index (χ4n) is 2.45. The third kappa shape index (κ3) is 36.3. The van der Waals surface area contributed by atoms with Crippen molar-refractivity contribution in [3.05, 3.63) is 0 Å². The first-order valence-electron chi connectivity index (χ1n) is 9.67. The van der Waals surface area contributed by atoms with Crippen LogP contribution in [0.3, 0.4) is 0 Å². The molecule has 0 aromatic carbocycles. The van der Waals surface area contributed by atoms with Gasteiger partial charge in [-0.1, -0.05) is 90.4 Å². The molecule has 0 unspecified atom stereocenters. The van der Waals surface area contributed by atoms with Crippen LogP contribution in [-0.4, -0.2) is 49.2 Å². The lowest BCUT2D eigenvalue weighted by molar-refractivity contribution is 0.186. The predicted octanol–water partition coefficient (Wildman–Crippen LogP) is 4.81. The highest BCUT2D eigenvalue weighted by molar-refractivity contribution is 7.80. The summed E-state index contributed by atoms with van der Waals surface area (Å²) in [6.45, 7) is 3.84. The van der Waals surface area contributed by atoms with Crippen LogP contribution in [0, 0.1) is 0 Å². The second-order valence-electron chi connectivity index (χ2n) is 6.13. The summed E-state index contributed by atoms with van der Waals surface area (Å²) < 4.78 is 30.7. The van der Waals surface area contributed by atoms with Crippen LogP contribution >= 0.6 is 0 Å². The summed E-state index contributed by atoms with van der Waals surface area (Å²) in [7, 11) is -4.17. The zero-order valence-electron chi connectivity index (χ0n) is 15.8. The molecule has 0 aliphatic carbocycles. The third-order valence-corrected chi connectivity index (χ3v) is 4.30. The van der Waals surface area contributed by atoms with E-state index in [2.05, 4.69) is 11.1 Å². The van der Waals surface area contributed by atoms with Crippen LogP contribution in [0.2, 0.25) is 0 Å². The van der Waals surface area contributed by atoms with Crippen LogP contribution in [0.5, 0.6) is 0 Å². The molecule has 0 amide bonds. The van der Waals surface area contributed by atoms with Crippen LogP contribution in [0.1, 0.15) is 104 Å². The van der Waals surface area contributed by atoms with E-state index in [4.69, 9.17) is 4.55 Å². The highest BCUT2D eigenvalue weighted by atomic mass is 32.3. The van der Waals surface area contributed by atoms with Gasteiger partial charge in [0.1, 0.15) is 0 Å². The lowest BCUT2D eigenvalue weighted by atomic mass is 10.0. The summed E-state index contributed by atoms with van der Waals surface area (Å²) in [5.74, 6) is 0. The molecular formula is C18H41MgO5S. The molecule has 0 fully saturated rings. The first kappa shape index (κ1) is 30.3. The summed E-state index contributed by atoms with van der Waals surface area (Å²) in [5.41, 5.74) is 0. The average Bonchev–Trinajstić information content (AvgIpc) is 2.51. The van der Waals surface area contributed by atoms with Gasteiger partial charge in [-0.15, -0.1) is 0 Å². The molecule has 1 N–H and O–H groups in total. The van der Waals surface area contributed by atoms with Gasteiger partial charge in [0.15, 0.2) is 0 Å². The lowest BCUT2D eigenvalue weighted by Crippen LogP contribution is -2.01. The summed E-state index contributed by atoms with van der Waals surface area (Å²) in [6, 6.07) is 0. The van der Waals surface area contributed by atoms with Gasteiger partial charge in [-0.2, -0.15) is 8.42 Å². The van der Waals surface area contributed by atoms with E-state index in [1.54, 1.807) is 0 Å². The van der Waals surface area contributed by atoms with E-state index in [9.17, 15) is 13.5 Å². The molecule has 0 aliphatic rings. The maximum Gasteiger partial charge on any atom is 0.397 e. The van der Waals surface area contributed by atoms with Gasteiger partial charge in [-0.25, -0.2) is 9.29 Å². The fraction of sp³-hybridized carbons (Fsp3) is 1.00. The predicted molar refractivity (Wildman–Crippen MR) is 108 cm³/mol. The summed E-state index contributed by atoms with van der Waals surface area (Å²) >= 11 is 0. The molecule has 0 aromatic rings. The maximum absolute atomic E-state index is 10.2. The van der Waals surface area contributed by atoms with E-state index in [0.29, 0.717) is 0 Å². The Morgan fingerprint density at radius 1 is 0.680 bits per heavy atom. The molecule has 0 saturated carbocycles. The first-order valence-corrected chi connectivity index (χ1v) is 11.0. The van der Waals surface area contributed by atoms with Crippen molar-refractivity contribution in [2.24, 2.45) is 0 Å². The highest BCUT2D eigenvalue weighted by Crippen LogP contribution is 2.12. The number of rotatable bonds is 16. The molecule has 0 heterocycles. The van der Waals surface area contributed by atoms with Gasteiger partial charge in [0, 0.05) is 0 Å². The van der Waals surface area contributed by atoms with Crippen molar-refractivity contribution in [2.45, 2.75) is 104 Å². The minimum atomic E-state index is -4.17. The van der Waals surface area contributed by atoms with E-state index >= 15 is 0 Å². The fourth-order valence-corrected chi connectivity index (χ4v) is 2.74. The monoisotopic (exact) mass is 393 g/mol. The van der Waals surface area contributed by atoms with Crippen molar-refractivity contribution < 1.29 is 22.3 Å². The van der Waals surface area contributed by atoms with E-state index in [1.165, 1.54) is 84.0 Å². The van der Waals surface area contributed by atoms with Gasteiger partial charge in [-0.05, 0) is 13.3 Å². The molecule has 0 rings (SSSR count). The summed E-state index contributed by atoms with van der Waals surface area (Å²) in [5, 5.41) is 10.2. The van der Waals surface area contributed by atoms with Gasteiger partial charge >= 0.3 is 33.5 Å². The van der Waals surface area contributed by atoms with Gasteiger partial charge in [0.2, 0.25) is 0 Å². The second-order valence-corrected chi connectivity index (χ2v) is 7.23. The van der Waals surface area contributed by atoms with Gasteiger partial charge in [-0.3, -0.25) is 4.55 Å². The van der Waals surface area contributed by atoms with Crippen molar-refractivity contribution in [3.8, 4) is 0 Å². The Balaban J connectivity index is -0.000000513. The Hall–Kier alpha value is 0.596. The molecule has 25 heavy (non-hydrogen) atoms. The Kier molecular flexibility index (Phi) is 29.8. The van der Waals surface area contributed by atoms with E-state index in [1.807, 2.05) is 0 Å². The Morgan fingerprint density at radius 2 is 1.00 bits per heavy atom. The van der Waals surface area contributed by atoms with Crippen molar-refractivity contribution in [2.75, 3.05) is 13.2 Å². The van der Waals surface area contributed by atoms with Crippen LogP contribution < -0.4 is 0 Å². The minimum Gasteiger partial charge on any atom is -0.264 e. The standard InChI is InChI=1S/C16H33O.C2H6O4S.Mg.2H/c1-2-3-4-5-6-7-8-9-10-11-12-13-14-15-16-17;1-2-6-7(3,4)5;;;/h2-16H2,1H3;2H2,1H3,(H,3,4,5);;;. The molecule has 0 atom stereocenters. The number of hydrogen-bond acceptors (Lipinski definition) is 3. The van der Waals surface area contributed by atoms with Crippen molar-refractivity contribution in [3.63, 3.8) is 0 Å². The van der Waals surface area contributed by atoms with Crippen molar-refractivity contribution in [1.29, 1.82) is 0 Å². The van der Waals surface area contributed by atoms with E-state index in [0.717, 1.165) is 12.8 Å². The van der Waals surface area contributed by atoms with Gasteiger partial charge in [0.05, 0.1) is 13.2 Å². The first-order chi connectivity index (χ1) is 11.5. The van der Waals surface area contributed by atoms with Gasteiger partial charge < -0.3 is 0 Å². The summed E-state index contributed by atoms with van der Waals surface area (Å²) in [6.07, 6.45) is 18.9. The Morgan fingerprint density at radius 3 is 1.20 bits per heavy atom. The lowest BCUT2D eigenvalue weighted by Gasteiger charge is -2.02. The van der Waals surface area contributed by atoms with Crippen LogP contribution in [0.15, 0.2) is 0 Å². The van der Waals surface area contributed by atoms with Crippen molar-refractivity contribution in [1.82, 2.24) is 0 Å². The largest absolute Gasteiger partial charge is 0.397 e. The second kappa shape index (κ2) is 24.6. The Bertz CT molecular complexity index is 309. The maximum atomic E-state index is 10.2. The SMILES string of the molecule is CCCCCCCCCCCCCCCC[O].CCOS(=O)(=O)O.[MgH2]. The molecule has 0 saturated heterocycles. The average molecular weight is 394 g/mol. The molecule has 0 aromatic heterocycles. The molecule has 5 nitrogen and oxygen atoms in total. The number of unbranched alkanes of at least 4 members (excludes halogenated alkanes) is 13. The van der Waals surface area contributed by atoms with Crippen LogP contribution in [0.25, 0.3) is 0 Å². The molecule has 0 spiro atoms. The van der Waals surface area contributed by atoms with Crippen LogP contribution in [-0.2, 0) is 19.7 Å². The molecule has 1 radical (unpaired) electrons. The highest BCUT2D eigenvalue weighted by Gasteiger charge is 1.98. The minimum absolute atomic E-state index is 0. The van der Waals surface area contributed by atoms with E-state index in [-0.39, 0.29) is 36.3 Å². The zero-order chi connectivity index (χ0) is 18.5. The van der Waals surface area contributed by atoms with Crippen LogP contribution in [0.4, 0.5) is 0 Å². The normalized spacial score (nSPS) is 10.7. The molecule has 7 heteroatoms. The Labute approximate surface area is 172 Å². The molecule has 151 valence electrons. The van der Waals surface area contributed by atoms with Crippen molar-refractivity contribution >= 4 is 33.5 Å². The summed E-state index contributed by atoms with van der Waals surface area (Å²) in [4.78, 5) is 0. The van der Waals surface area contributed by atoms with Gasteiger partial charge in [0.25, 0.3) is 0 Å².